The van der Waals surface area contributed by atoms with Crippen molar-refractivity contribution in [2.24, 2.45) is 0 Å². The Morgan fingerprint density at radius 2 is 1.76 bits per heavy atom. The number of rotatable bonds is 2. The van der Waals surface area contributed by atoms with Crippen LogP contribution in [0.25, 0.3) is 11.1 Å². The fourth-order valence-corrected chi connectivity index (χ4v) is 1.64. The zero-order chi connectivity index (χ0) is 12.4. The molecule has 0 saturated carbocycles. The monoisotopic (exact) mass is 232 g/mol. The molecular weight excluding hydrogens is 223 g/mol. The maximum absolute atomic E-state index is 12.8. The third-order valence-corrected chi connectivity index (χ3v) is 2.41. The first-order valence-electron chi connectivity index (χ1n) is 4.91. The molecule has 0 saturated heterocycles. The van der Waals surface area contributed by atoms with E-state index in [1.165, 1.54) is 18.2 Å². The van der Waals surface area contributed by atoms with Gasteiger partial charge in [0.25, 0.3) is 0 Å². The van der Waals surface area contributed by atoms with Crippen molar-refractivity contribution in [3.05, 3.63) is 53.8 Å². The molecule has 0 aliphatic carbocycles. The normalized spacial score (nSPS) is 10.2. The van der Waals surface area contributed by atoms with E-state index in [4.69, 9.17) is 5.11 Å². The van der Waals surface area contributed by atoms with E-state index in [0.29, 0.717) is 11.1 Å². The summed E-state index contributed by atoms with van der Waals surface area (Å²) in [5.74, 6) is -1.94. The van der Waals surface area contributed by atoms with Gasteiger partial charge in [-0.15, -0.1) is 0 Å². The number of carboxylic acid groups (broad SMARTS) is 1. The maximum atomic E-state index is 12.8. The summed E-state index contributed by atoms with van der Waals surface area (Å²) in [6.07, 6.45) is 0. The lowest BCUT2D eigenvalue weighted by molar-refractivity contribution is 0.0698. The molecule has 2 N–H and O–H groups in total. The maximum Gasteiger partial charge on any atom is 0.336 e. The zero-order valence-corrected chi connectivity index (χ0v) is 8.72. The van der Waals surface area contributed by atoms with Gasteiger partial charge in [-0.05, 0) is 23.8 Å². The Morgan fingerprint density at radius 1 is 1.06 bits per heavy atom. The van der Waals surface area contributed by atoms with Gasteiger partial charge in [-0.25, -0.2) is 9.18 Å². The van der Waals surface area contributed by atoms with Crippen molar-refractivity contribution >= 4 is 5.97 Å². The van der Waals surface area contributed by atoms with E-state index >= 15 is 0 Å². The van der Waals surface area contributed by atoms with Gasteiger partial charge in [0, 0.05) is 11.6 Å². The number of carbonyl (C=O) groups is 1. The summed E-state index contributed by atoms with van der Waals surface area (Å²) in [6, 6.07) is 9.73. The van der Waals surface area contributed by atoms with Crippen LogP contribution in [-0.2, 0) is 0 Å². The van der Waals surface area contributed by atoms with E-state index < -0.39 is 11.8 Å². The van der Waals surface area contributed by atoms with Crippen molar-refractivity contribution in [2.75, 3.05) is 0 Å². The average molecular weight is 232 g/mol. The minimum Gasteiger partial charge on any atom is -0.507 e. The lowest BCUT2D eigenvalue weighted by atomic mass is 9.99. The zero-order valence-electron chi connectivity index (χ0n) is 8.72. The molecule has 4 heteroatoms. The highest BCUT2D eigenvalue weighted by atomic mass is 19.1. The summed E-state index contributed by atoms with van der Waals surface area (Å²) in [7, 11) is 0. The highest BCUT2D eigenvalue weighted by Gasteiger charge is 2.13. The van der Waals surface area contributed by atoms with Crippen LogP contribution in [0, 0.1) is 5.82 Å². The Bertz CT molecular complexity index is 579. The van der Waals surface area contributed by atoms with Gasteiger partial charge in [0.05, 0.1) is 5.56 Å². The van der Waals surface area contributed by atoms with Gasteiger partial charge in [0.2, 0.25) is 0 Å². The summed E-state index contributed by atoms with van der Waals surface area (Å²) >= 11 is 0. The largest absolute Gasteiger partial charge is 0.507 e. The van der Waals surface area contributed by atoms with E-state index in [0.717, 1.165) is 6.07 Å². The second kappa shape index (κ2) is 4.25. The Labute approximate surface area is 96.8 Å². The molecule has 0 aliphatic heterocycles. The lowest BCUT2D eigenvalue weighted by Gasteiger charge is -2.07. The Hall–Kier alpha value is -2.36. The summed E-state index contributed by atoms with van der Waals surface area (Å²) in [4.78, 5) is 11.0. The summed E-state index contributed by atoms with van der Waals surface area (Å²) < 4.78 is 12.8. The van der Waals surface area contributed by atoms with Gasteiger partial charge >= 0.3 is 5.97 Å². The van der Waals surface area contributed by atoms with E-state index in [1.807, 2.05) is 0 Å². The topological polar surface area (TPSA) is 57.5 Å². The van der Waals surface area contributed by atoms with Crippen LogP contribution in [0.3, 0.4) is 0 Å². The molecular formula is C13H9FO3. The molecule has 2 rings (SSSR count). The molecule has 0 aromatic heterocycles. The third-order valence-electron chi connectivity index (χ3n) is 2.41. The second-order valence-electron chi connectivity index (χ2n) is 3.51. The molecule has 3 nitrogen and oxygen atoms in total. The number of hydrogen-bond donors (Lipinski definition) is 2. The molecule has 0 fully saturated rings. The van der Waals surface area contributed by atoms with Gasteiger partial charge in [0.1, 0.15) is 11.6 Å². The Balaban J connectivity index is 2.64. The van der Waals surface area contributed by atoms with Gasteiger partial charge < -0.3 is 10.2 Å². The van der Waals surface area contributed by atoms with Crippen LogP contribution in [0.1, 0.15) is 10.4 Å². The standard InChI is InChI=1S/C13H9FO3/c14-8-5-6-10(12(15)7-8)9-3-1-2-4-11(9)13(16)17/h1-7,15H,(H,16,17). The SMILES string of the molecule is O=C(O)c1ccccc1-c1ccc(F)cc1O. The van der Waals surface area contributed by atoms with Gasteiger partial charge in [-0.2, -0.15) is 0 Å². The minimum atomic E-state index is -1.09. The fourth-order valence-electron chi connectivity index (χ4n) is 1.64. The molecule has 2 aromatic rings. The molecule has 0 aliphatic rings. The van der Waals surface area contributed by atoms with Crippen LogP contribution in [0.4, 0.5) is 4.39 Å². The summed E-state index contributed by atoms with van der Waals surface area (Å²) in [5.41, 5.74) is 0.719. The van der Waals surface area contributed by atoms with Crippen LogP contribution >= 0.6 is 0 Å². The predicted octanol–water partition coefficient (Wildman–Crippen LogP) is 2.90. The van der Waals surface area contributed by atoms with Gasteiger partial charge in [-0.3, -0.25) is 0 Å². The highest BCUT2D eigenvalue weighted by molar-refractivity contribution is 5.96. The molecule has 17 heavy (non-hydrogen) atoms. The van der Waals surface area contributed by atoms with E-state index in [-0.39, 0.29) is 11.3 Å². The summed E-state index contributed by atoms with van der Waals surface area (Å²) in [6.45, 7) is 0. The fraction of sp³-hybridized carbons (Fsp3) is 0. The number of carboxylic acids is 1. The van der Waals surface area contributed by atoms with Gasteiger partial charge in [-0.1, -0.05) is 18.2 Å². The van der Waals surface area contributed by atoms with Crippen LogP contribution in [0.5, 0.6) is 5.75 Å². The van der Waals surface area contributed by atoms with Crippen molar-refractivity contribution < 1.29 is 19.4 Å². The van der Waals surface area contributed by atoms with Crippen LogP contribution in [-0.4, -0.2) is 16.2 Å². The third kappa shape index (κ3) is 2.10. The number of benzene rings is 2. The lowest BCUT2D eigenvalue weighted by Crippen LogP contribution is -1.99. The molecule has 0 atom stereocenters. The number of halogens is 1. The Morgan fingerprint density at radius 3 is 2.41 bits per heavy atom. The van der Waals surface area contributed by atoms with Crippen molar-refractivity contribution in [3.63, 3.8) is 0 Å². The molecule has 0 bridgehead atoms. The number of phenols is 1. The van der Waals surface area contributed by atoms with E-state index in [1.54, 1.807) is 18.2 Å². The molecule has 86 valence electrons. The molecule has 0 spiro atoms. The highest BCUT2D eigenvalue weighted by Crippen LogP contribution is 2.31. The van der Waals surface area contributed by atoms with E-state index in [2.05, 4.69) is 0 Å². The Kier molecular flexibility index (Phi) is 2.78. The van der Waals surface area contributed by atoms with Crippen molar-refractivity contribution in [1.82, 2.24) is 0 Å². The summed E-state index contributed by atoms with van der Waals surface area (Å²) in [5, 5.41) is 18.6. The van der Waals surface area contributed by atoms with Crippen molar-refractivity contribution in [1.29, 1.82) is 0 Å². The number of aromatic hydroxyl groups is 1. The average Bonchev–Trinajstić information content (AvgIpc) is 2.29. The first-order valence-corrected chi connectivity index (χ1v) is 4.91. The van der Waals surface area contributed by atoms with Crippen molar-refractivity contribution in [2.45, 2.75) is 0 Å². The molecule has 0 radical (unpaired) electrons. The second-order valence-corrected chi connectivity index (χ2v) is 3.51. The van der Waals surface area contributed by atoms with Gasteiger partial charge in [0.15, 0.2) is 0 Å². The molecule has 0 amide bonds. The molecule has 0 unspecified atom stereocenters. The molecule has 0 heterocycles. The van der Waals surface area contributed by atoms with E-state index in [9.17, 15) is 14.3 Å². The quantitative estimate of drug-likeness (QED) is 0.836. The molecule has 2 aromatic carbocycles. The minimum absolute atomic E-state index is 0.0643. The van der Waals surface area contributed by atoms with Crippen molar-refractivity contribution in [3.8, 4) is 16.9 Å². The van der Waals surface area contributed by atoms with Crippen LogP contribution in [0.2, 0.25) is 0 Å². The van der Waals surface area contributed by atoms with Crippen LogP contribution in [0.15, 0.2) is 42.5 Å². The number of hydrogen-bond acceptors (Lipinski definition) is 2. The predicted molar refractivity (Wildman–Crippen MR) is 60.5 cm³/mol. The van der Waals surface area contributed by atoms with Crippen LogP contribution < -0.4 is 0 Å². The number of phenolic OH excluding ortho intramolecular Hbond substituents is 1. The first kappa shape index (κ1) is 11.1. The first-order chi connectivity index (χ1) is 8.09. The number of aromatic carboxylic acids is 1. The smallest absolute Gasteiger partial charge is 0.336 e.